The lowest BCUT2D eigenvalue weighted by Gasteiger charge is -2.34. The summed E-state index contributed by atoms with van der Waals surface area (Å²) in [5, 5.41) is 9.40. The molecule has 10 heteroatoms. The van der Waals surface area contributed by atoms with E-state index in [1.807, 2.05) is 11.8 Å². The summed E-state index contributed by atoms with van der Waals surface area (Å²) in [4.78, 5) is 33.6. The van der Waals surface area contributed by atoms with E-state index in [-0.39, 0.29) is 17.4 Å². The fraction of sp³-hybridized carbons (Fsp3) is 0.714. The highest BCUT2D eigenvalue weighted by atomic mass is 19.4. The summed E-state index contributed by atoms with van der Waals surface area (Å²) in [6.45, 7) is 3.35. The second kappa shape index (κ2) is 9.82. The Hall–Kier alpha value is -2.39. The highest BCUT2D eigenvalue weighted by molar-refractivity contribution is 5.79. The number of carboxylic acid groups (broad SMARTS) is 1. The first-order valence-corrected chi connectivity index (χ1v) is 10.9. The molecule has 0 bridgehead atoms. The molecule has 0 aromatic carbocycles. The van der Waals surface area contributed by atoms with E-state index in [0.717, 1.165) is 25.7 Å². The van der Waals surface area contributed by atoms with Crippen LogP contribution in [0.25, 0.3) is 0 Å². The van der Waals surface area contributed by atoms with Crippen molar-refractivity contribution in [1.82, 2.24) is 9.97 Å². The Balaban J connectivity index is 1.72. The van der Waals surface area contributed by atoms with Crippen molar-refractivity contribution < 1.29 is 27.9 Å². The van der Waals surface area contributed by atoms with Crippen molar-refractivity contribution in [1.29, 1.82) is 0 Å². The van der Waals surface area contributed by atoms with Crippen LogP contribution in [0.5, 0.6) is 0 Å². The number of ketones is 1. The van der Waals surface area contributed by atoms with Crippen molar-refractivity contribution >= 4 is 23.4 Å². The molecular weight excluding hydrogens is 413 g/mol. The Labute approximate surface area is 179 Å². The standard InChI is InChI=1S/C21H29F3N4O3/c1-2-15(29)6-3-5-14-8-11-27(12-9-14)17-13-18(26-20(25-17)21(22,23)24)28-10-4-7-16(28)19(30)31/h13-14,16H,2-12H2,1H3,(H,30,31)/t16-/m0/s1. The smallest absolute Gasteiger partial charge is 0.451 e. The van der Waals surface area contributed by atoms with Crippen LogP contribution in [0.15, 0.2) is 6.07 Å². The van der Waals surface area contributed by atoms with Crippen molar-refractivity contribution in [3.05, 3.63) is 11.9 Å². The molecule has 2 saturated heterocycles. The lowest BCUT2D eigenvalue weighted by atomic mass is 9.91. The summed E-state index contributed by atoms with van der Waals surface area (Å²) < 4.78 is 40.3. The van der Waals surface area contributed by atoms with Crippen LogP contribution in [0.1, 0.15) is 64.1 Å². The number of carbonyl (C=O) groups is 2. The van der Waals surface area contributed by atoms with Crippen LogP contribution in [0.2, 0.25) is 0 Å². The highest BCUT2D eigenvalue weighted by Gasteiger charge is 2.38. The minimum Gasteiger partial charge on any atom is -0.480 e. The number of carbonyl (C=O) groups excluding carboxylic acids is 1. The zero-order chi connectivity index (χ0) is 22.6. The first-order chi connectivity index (χ1) is 14.7. The number of hydrogen-bond donors (Lipinski definition) is 1. The molecule has 2 aliphatic heterocycles. The van der Waals surface area contributed by atoms with Gasteiger partial charge in [0.2, 0.25) is 5.82 Å². The first-order valence-electron chi connectivity index (χ1n) is 10.9. The van der Waals surface area contributed by atoms with Crippen LogP contribution in [-0.2, 0) is 15.8 Å². The molecule has 7 nitrogen and oxygen atoms in total. The molecule has 1 aromatic rings. The predicted octanol–water partition coefficient (Wildman–Crippen LogP) is 3.91. The Kier molecular flexibility index (Phi) is 7.38. The number of aromatic nitrogens is 2. The quantitative estimate of drug-likeness (QED) is 0.653. The van der Waals surface area contributed by atoms with Gasteiger partial charge in [0.05, 0.1) is 0 Å². The third-order valence-corrected chi connectivity index (χ3v) is 6.19. The second-order valence-electron chi connectivity index (χ2n) is 8.31. The van der Waals surface area contributed by atoms with E-state index in [4.69, 9.17) is 0 Å². The van der Waals surface area contributed by atoms with Gasteiger partial charge in [0.15, 0.2) is 0 Å². The van der Waals surface area contributed by atoms with E-state index in [9.17, 15) is 27.9 Å². The number of aliphatic carboxylic acids is 1. The van der Waals surface area contributed by atoms with Crippen molar-refractivity contribution in [3.63, 3.8) is 0 Å². The maximum Gasteiger partial charge on any atom is 0.451 e. The van der Waals surface area contributed by atoms with Gasteiger partial charge in [-0.1, -0.05) is 6.92 Å². The zero-order valence-corrected chi connectivity index (χ0v) is 17.7. The van der Waals surface area contributed by atoms with E-state index in [2.05, 4.69) is 9.97 Å². The van der Waals surface area contributed by atoms with Crippen LogP contribution in [0, 0.1) is 5.92 Å². The Morgan fingerprint density at radius 3 is 2.42 bits per heavy atom. The van der Waals surface area contributed by atoms with Crippen molar-refractivity contribution in [2.45, 2.75) is 70.5 Å². The number of piperidine rings is 1. The topological polar surface area (TPSA) is 86.6 Å². The fourth-order valence-corrected chi connectivity index (χ4v) is 4.37. The van der Waals surface area contributed by atoms with E-state index in [1.165, 1.54) is 11.0 Å². The minimum absolute atomic E-state index is 0.0161. The average Bonchev–Trinajstić information content (AvgIpc) is 3.23. The molecule has 3 heterocycles. The monoisotopic (exact) mass is 442 g/mol. The molecule has 2 fully saturated rings. The molecule has 0 aliphatic carbocycles. The molecule has 2 aliphatic rings. The number of halogens is 3. The number of rotatable bonds is 8. The maximum absolute atomic E-state index is 13.4. The zero-order valence-electron chi connectivity index (χ0n) is 17.7. The van der Waals surface area contributed by atoms with E-state index >= 15 is 0 Å². The van der Waals surface area contributed by atoms with Crippen LogP contribution < -0.4 is 9.80 Å². The molecule has 1 atom stereocenters. The molecular formula is C21H29F3N4O3. The summed E-state index contributed by atoms with van der Waals surface area (Å²) in [6, 6.07) is 0.608. The van der Waals surface area contributed by atoms with Gasteiger partial charge < -0.3 is 14.9 Å². The fourth-order valence-electron chi connectivity index (χ4n) is 4.37. The third-order valence-electron chi connectivity index (χ3n) is 6.19. The Morgan fingerprint density at radius 1 is 1.13 bits per heavy atom. The normalized spacial score (nSPS) is 20.3. The summed E-state index contributed by atoms with van der Waals surface area (Å²) in [6.07, 6.45) is 0.816. The van der Waals surface area contributed by atoms with Crippen LogP contribution in [0.4, 0.5) is 24.8 Å². The predicted molar refractivity (Wildman–Crippen MR) is 109 cm³/mol. The second-order valence-corrected chi connectivity index (χ2v) is 8.31. The Morgan fingerprint density at radius 2 is 1.81 bits per heavy atom. The van der Waals surface area contributed by atoms with Crippen LogP contribution in [0.3, 0.4) is 0 Å². The van der Waals surface area contributed by atoms with Gasteiger partial charge in [0.25, 0.3) is 0 Å². The highest BCUT2D eigenvalue weighted by Crippen LogP contribution is 2.34. The van der Waals surface area contributed by atoms with Crippen molar-refractivity contribution in [3.8, 4) is 0 Å². The van der Waals surface area contributed by atoms with Crippen molar-refractivity contribution in [2.75, 3.05) is 29.4 Å². The van der Waals surface area contributed by atoms with Crippen LogP contribution in [-0.4, -0.2) is 52.5 Å². The summed E-state index contributed by atoms with van der Waals surface area (Å²) in [7, 11) is 0. The average molecular weight is 442 g/mol. The van der Waals surface area contributed by atoms with Gasteiger partial charge in [-0.3, -0.25) is 4.79 Å². The summed E-state index contributed by atoms with van der Waals surface area (Å²) in [5.41, 5.74) is 0. The van der Waals surface area contributed by atoms with E-state index < -0.39 is 24.0 Å². The Bertz CT molecular complexity index is 795. The number of Topliss-reactive ketones (excluding diaryl/α,β-unsaturated/α-hetero) is 1. The number of hydrogen-bond acceptors (Lipinski definition) is 6. The lowest BCUT2D eigenvalue weighted by molar-refractivity contribution is -0.144. The number of carboxylic acids is 1. The number of alkyl halides is 3. The molecule has 172 valence electrons. The van der Waals surface area contributed by atoms with E-state index in [1.54, 1.807) is 0 Å². The first kappa shape index (κ1) is 23.3. The molecule has 1 aromatic heterocycles. The van der Waals surface area contributed by atoms with Gasteiger partial charge in [0.1, 0.15) is 23.5 Å². The van der Waals surface area contributed by atoms with Gasteiger partial charge in [0, 0.05) is 38.5 Å². The SMILES string of the molecule is CCC(=O)CCCC1CCN(c2cc(N3CCC[C@H]3C(=O)O)nc(C(F)(F)F)n2)CC1. The largest absolute Gasteiger partial charge is 0.480 e. The van der Waals surface area contributed by atoms with Gasteiger partial charge in [-0.05, 0) is 44.4 Å². The molecule has 0 spiro atoms. The molecule has 3 rings (SSSR count). The summed E-state index contributed by atoms with van der Waals surface area (Å²) >= 11 is 0. The van der Waals surface area contributed by atoms with Gasteiger partial charge in [-0.15, -0.1) is 0 Å². The molecule has 0 amide bonds. The molecule has 1 N–H and O–H groups in total. The maximum atomic E-state index is 13.4. The van der Waals surface area contributed by atoms with E-state index in [0.29, 0.717) is 51.2 Å². The van der Waals surface area contributed by atoms with Gasteiger partial charge >= 0.3 is 12.1 Å². The minimum atomic E-state index is -4.71. The number of nitrogens with zero attached hydrogens (tertiary/aromatic N) is 4. The molecule has 0 saturated carbocycles. The molecule has 31 heavy (non-hydrogen) atoms. The molecule has 0 unspecified atom stereocenters. The van der Waals surface area contributed by atoms with Gasteiger partial charge in [-0.2, -0.15) is 13.2 Å². The number of anilines is 2. The third kappa shape index (κ3) is 5.86. The molecule has 0 radical (unpaired) electrons. The lowest BCUT2D eigenvalue weighted by Crippen LogP contribution is -2.38. The van der Waals surface area contributed by atoms with Crippen molar-refractivity contribution in [2.24, 2.45) is 5.92 Å². The van der Waals surface area contributed by atoms with Crippen LogP contribution >= 0.6 is 0 Å². The van der Waals surface area contributed by atoms with Gasteiger partial charge in [-0.25, -0.2) is 14.8 Å². The summed E-state index contributed by atoms with van der Waals surface area (Å²) in [5.74, 6) is -1.40.